The molecule has 0 aliphatic heterocycles. The fourth-order valence-corrected chi connectivity index (χ4v) is 3.56. The van der Waals surface area contributed by atoms with Crippen LogP contribution in [0.25, 0.3) is 0 Å². The van der Waals surface area contributed by atoms with Gasteiger partial charge in [-0.25, -0.2) is 13.2 Å². The van der Waals surface area contributed by atoms with Crippen LogP contribution in [0.15, 0.2) is 46.9 Å². The van der Waals surface area contributed by atoms with E-state index in [9.17, 15) is 18.0 Å². The van der Waals surface area contributed by atoms with Gasteiger partial charge in [-0.2, -0.15) is 0 Å². The number of nitrogens with one attached hydrogen (secondary N) is 2. The minimum absolute atomic E-state index is 0.342. The van der Waals surface area contributed by atoms with Crippen molar-refractivity contribution in [3.8, 4) is 0 Å². The summed E-state index contributed by atoms with van der Waals surface area (Å²) in [6, 6.07) is 9.29. The molecule has 0 bridgehead atoms. The third kappa shape index (κ3) is 4.51. The second-order valence-electron chi connectivity index (χ2n) is 6.23. The van der Waals surface area contributed by atoms with Gasteiger partial charge in [0.1, 0.15) is 11.9 Å². The van der Waals surface area contributed by atoms with Gasteiger partial charge in [-0.05, 0) is 24.3 Å². The van der Waals surface area contributed by atoms with Crippen molar-refractivity contribution in [2.24, 2.45) is 0 Å². The highest BCUT2D eigenvalue weighted by molar-refractivity contribution is 9.10. The maximum Gasteiger partial charge on any atom is 0.252 e. The van der Waals surface area contributed by atoms with Gasteiger partial charge in [-0.1, -0.05) is 45.7 Å². The molecule has 0 heterocycles. The number of amides is 1. The molecule has 0 radical (unpaired) electrons. The standard InChI is InChI=1S/C18H15BrClF3N2O/c19-10-5-11(21)7-12(6-10)24-16(14-3-1-2-4-15(14)20)17(26)25-13-8-18(22,23)9-13/h1-7,13,16,24H,8-9H2,(H,25,26). The second-order valence-corrected chi connectivity index (χ2v) is 7.55. The van der Waals surface area contributed by atoms with Crippen LogP contribution in [0.3, 0.4) is 0 Å². The summed E-state index contributed by atoms with van der Waals surface area (Å²) in [5.41, 5.74) is 0.828. The van der Waals surface area contributed by atoms with Crippen LogP contribution < -0.4 is 10.6 Å². The quantitative estimate of drug-likeness (QED) is 0.652. The molecule has 1 unspecified atom stereocenters. The number of halogens is 5. The molecule has 3 nitrogen and oxygen atoms in total. The average molecular weight is 448 g/mol. The van der Waals surface area contributed by atoms with Gasteiger partial charge in [-0.3, -0.25) is 4.79 Å². The van der Waals surface area contributed by atoms with Gasteiger partial charge in [0.05, 0.1) is 0 Å². The number of alkyl halides is 2. The number of hydrogen-bond donors (Lipinski definition) is 2. The molecule has 1 amide bonds. The summed E-state index contributed by atoms with van der Waals surface area (Å²) in [7, 11) is 0. The van der Waals surface area contributed by atoms with Crippen LogP contribution >= 0.6 is 27.5 Å². The molecule has 1 aliphatic rings. The fourth-order valence-electron chi connectivity index (χ4n) is 2.85. The molecule has 2 aromatic carbocycles. The lowest BCUT2D eigenvalue weighted by Crippen LogP contribution is -2.52. The van der Waals surface area contributed by atoms with Crippen LogP contribution in [0.4, 0.5) is 18.9 Å². The van der Waals surface area contributed by atoms with Gasteiger partial charge in [0.25, 0.3) is 5.92 Å². The van der Waals surface area contributed by atoms with Crippen molar-refractivity contribution in [1.29, 1.82) is 0 Å². The molecule has 1 saturated carbocycles. The molecule has 1 atom stereocenters. The fraction of sp³-hybridized carbons (Fsp3) is 0.278. The monoisotopic (exact) mass is 446 g/mol. The smallest absolute Gasteiger partial charge is 0.252 e. The summed E-state index contributed by atoms with van der Waals surface area (Å²) in [6.07, 6.45) is -0.779. The van der Waals surface area contributed by atoms with E-state index in [2.05, 4.69) is 26.6 Å². The Morgan fingerprint density at radius 3 is 2.54 bits per heavy atom. The molecule has 2 N–H and O–H groups in total. The average Bonchev–Trinajstić information content (AvgIpc) is 2.50. The third-order valence-electron chi connectivity index (χ3n) is 4.09. The molecule has 1 aliphatic carbocycles. The van der Waals surface area contributed by atoms with Crippen molar-refractivity contribution < 1.29 is 18.0 Å². The highest BCUT2D eigenvalue weighted by atomic mass is 79.9. The zero-order valence-corrected chi connectivity index (χ0v) is 15.8. The summed E-state index contributed by atoms with van der Waals surface area (Å²) in [4.78, 5) is 12.7. The molecular formula is C18H15BrClF3N2O. The molecule has 0 saturated heterocycles. The van der Waals surface area contributed by atoms with E-state index in [0.717, 1.165) is 0 Å². The first-order valence-electron chi connectivity index (χ1n) is 7.89. The van der Waals surface area contributed by atoms with Crippen molar-refractivity contribution in [3.05, 3.63) is 63.3 Å². The van der Waals surface area contributed by atoms with E-state index < -0.39 is 29.7 Å². The normalized spacial score (nSPS) is 17.3. The first-order chi connectivity index (χ1) is 12.2. The van der Waals surface area contributed by atoms with E-state index in [4.69, 9.17) is 11.6 Å². The SMILES string of the molecule is O=C(NC1CC(F)(F)C1)C(Nc1cc(F)cc(Br)c1)c1ccccc1Cl. The second kappa shape index (κ2) is 7.48. The highest BCUT2D eigenvalue weighted by Gasteiger charge is 2.46. The van der Waals surface area contributed by atoms with Crippen LogP contribution in [-0.4, -0.2) is 17.9 Å². The van der Waals surface area contributed by atoms with Crippen molar-refractivity contribution in [2.45, 2.75) is 30.8 Å². The molecule has 1 fully saturated rings. The Kier molecular flexibility index (Phi) is 5.48. The summed E-state index contributed by atoms with van der Waals surface area (Å²) in [5.74, 6) is -3.73. The Morgan fingerprint density at radius 1 is 1.23 bits per heavy atom. The van der Waals surface area contributed by atoms with Crippen molar-refractivity contribution in [2.75, 3.05) is 5.32 Å². The molecule has 0 spiro atoms. The van der Waals surface area contributed by atoms with Crippen LogP contribution in [0, 0.1) is 5.82 Å². The van der Waals surface area contributed by atoms with Crippen LogP contribution in [0.5, 0.6) is 0 Å². The van der Waals surface area contributed by atoms with E-state index in [1.807, 2.05) is 0 Å². The van der Waals surface area contributed by atoms with Crippen LogP contribution in [0.1, 0.15) is 24.4 Å². The van der Waals surface area contributed by atoms with Gasteiger partial charge >= 0.3 is 0 Å². The van der Waals surface area contributed by atoms with Gasteiger partial charge in [0.15, 0.2) is 0 Å². The Labute approximate surface area is 162 Å². The van der Waals surface area contributed by atoms with E-state index in [1.54, 1.807) is 30.3 Å². The topological polar surface area (TPSA) is 41.1 Å². The lowest BCUT2D eigenvalue weighted by Gasteiger charge is -2.36. The Morgan fingerprint density at radius 2 is 1.92 bits per heavy atom. The zero-order chi connectivity index (χ0) is 18.9. The third-order valence-corrected chi connectivity index (χ3v) is 4.89. The van der Waals surface area contributed by atoms with Gasteiger partial charge < -0.3 is 10.6 Å². The number of hydrogen-bond acceptors (Lipinski definition) is 2. The Hall–Kier alpha value is -1.73. The summed E-state index contributed by atoms with van der Waals surface area (Å²) >= 11 is 9.39. The number of carbonyl (C=O) groups is 1. The lowest BCUT2D eigenvalue weighted by atomic mass is 9.88. The molecule has 2 aromatic rings. The van der Waals surface area contributed by atoms with Crippen molar-refractivity contribution >= 4 is 39.1 Å². The van der Waals surface area contributed by atoms with E-state index in [-0.39, 0.29) is 12.8 Å². The number of benzene rings is 2. The minimum atomic E-state index is -2.74. The zero-order valence-electron chi connectivity index (χ0n) is 13.4. The molecule has 3 rings (SSSR count). The number of carbonyl (C=O) groups excluding carboxylic acids is 1. The maximum atomic E-state index is 13.6. The maximum absolute atomic E-state index is 13.6. The van der Waals surface area contributed by atoms with Crippen LogP contribution in [0.2, 0.25) is 5.02 Å². The van der Waals surface area contributed by atoms with Crippen molar-refractivity contribution in [3.63, 3.8) is 0 Å². The van der Waals surface area contributed by atoms with Gasteiger partial charge in [0.2, 0.25) is 5.91 Å². The van der Waals surface area contributed by atoms with E-state index in [1.165, 1.54) is 12.1 Å². The molecule has 8 heteroatoms. The van der Waals surface area contributed by atoms with Gasteiger partial charge in [-0.15, -0.1) is 0 Å². The lowest BCUT2D eigenvalue weighted by molar-refractivity contribution is -0.130. The Balaban J connectivity index is 1.84. The van der Waals surface area contributed by atoms with Crippen molar-refractivity contribution in [1.82, 2.24) is 5.32 Å². The molecular weight excluding hydrogens is 433 g/mol. The summed E-state index contributed by atoms with van der Waals surface area (Å²) in [6.45, 7) is 0. The first kappa shape index (κ1) is 19.0. The summed E-state index contributed by atoms with van der Waals surface area (Å²) < 4.78 is 40.2. The predicted molar refractivity (Wildman–Crippen MR) is 98.0 cm³/mol. The molecule has 138 valence electrons. The van der Waals surface area contributed by atoms with E-state index in [0.29, 0.717) is 20.7 Å². The largest absolute Gasteiger partial charge is 0.370 e. The molecule has 26 heavy (non-hydrogen) atoms. The van der Waals surface area contributed by atoms with Gasteiger partial charge in [0, 0.05) is 39.6 Å². The van der Waals surface area contributed by atoms with E-state index >= 15 is 0 Å². The summed E-state index contributed by atoms with van der Waals surface area (Å²) in [5, 5.41) is 5.88. The highest BCUT2D eigenvalue weighted by Crippen LogP contribution is 2.38. The van der Waals surface area contributed by atoms with Crippen LogP contribution in [-0.2, 0) is 4.79 Å². The predicted octanol–water partition coefficient (Wildman–Crippen LogP) is 5.31. The number of anilines is 1. The Bertz CT molecular complexity index is 806. The minimum Gasteiger partial charge on any atom is -0.370 e. The first-order valence-corrected chi connectivity index (χ1v) is 9.06. The molecule has 0 aromatic heterocycles. The number of rotatable bonds is 5.